The molecule has 2 N–H and O–H groups in total. The van der Waals surface area contributed by atoms with Crippen LogP contribution in [0.15, 0.2) is 24.3 Å². The SMILES string of the molecule is CC(C)CC(CS)C(=O)Nc1cccc(C(=O)O)c1. The second-order valence-corrected chi connectivity index (χ2v) is 5.25. The van der Waals surface area contributed by atoms with Gasteiger partial charge in [-0.25, -0.2) is 4.79 Å². The molecule has 0 radical (unpaired) electrons. The Bertz CT molecular complexity index is 460. The van der Waals surface area contributed by atoms with Crippen molar-refractivity contribution >= 4 is 30.2 Å². The molecule has 0 aliphatic rings. The Morgan fingerprint density at radius 2 is 2.05 bits per heavy atom. The summed E-state index contributed by atoms with van der Waals surface area (Å²) in [5, 5.41) is 11.6. The van der Waals surface area contributed by atoms with Crippen LogP contribution in [0.1, 0.15) is 30.6 Å². The Kier molecular flexibility index (Phi) is 5.89. The lowest BCUT2D eigenvalue weighted by atomic mass is 9.98. The number of hydrogen-bond donors (Lipinski definition) is 3. The molecule has 19 heavy (non-hydrogen) atoms. The van der Waals surface area contributed by atoms with Gasteiger partial charge in [0.2, 0.25) is 5.91 Å². The van der Waals surface area contributed by atoms with E-state index in [4.69, 9.17) is 5.11 Å². The number of anilines is 1. The molecule has 4 nitrogen and oxygen atoms in total. The number of aromatic carboxylic acids is 1. The highest BCUT2D eigenvalue weighted by atomic mass is 32.1. The fourth-order valence-corrected chi connectivity index (χ4v) is 2.12. The number of thiol groups is 1. The Balaban J connectivity index is 2.75. The van der Waals surface area contributed by atoms with Crippen molar-refractivity contribution in [2.75, 3.05) is 11.1 Å². The Hall–Kier alpha value is -1.49. The van der Waals surface area contributed by atoms with Crippen LogP contribution in [0.5, 0.6) is 0 Å². The van der Waals surface area contributed by atoms with Crippen LogP contribution in [0.2, 0.25) is 0 Å². The molecule has 5 heteroatoms. The third-order valence-electron chi connectivity index (χ3n) is 2.72. The van der Waals surface area contributed by atoms with E-state index in [1.54, 1.807) is 12.1 Å². The van der Waals surface area contributed by atoms with Gasteiger partial charge >= 0.3 is 5.97 Å². The third kappa shape index (κ3) is 4.95. The number of benzene rings is 1. The molecule has 0 aromatic heterocycles. The van der Waals surface area contributed by atoms with Crippen LogP contribution >= 0.6 is 12.6 Å². The highest BCUT2D eigenvalue weighted by molar-refractivity contribution is 7.80. The number of amides is 1. The van der Waals surface area contributed by atoms with Crippen LogP contribution in [0, 0.1) is 11.8 Å². The lowest BCUT2D eigenvalue weighted by molar-refractivity contribution is -0.119. The average Bonchev–Trinajstić information content (AvgIpc) is 2.35. The summed E-state index contributed by atoms with van der Waals surface area (Å²) in [4.78, 5) is 22.9. The van der Waals surface area contributed by atoms with Crippen LogP contribution in [0.25, 0.3) is 0 Å². The predicted molar refractivity (Wildman–Crippen MR) is 78.8 cm³/mol. The number of carbonyl (C=O) groups is 2. The number of carboxylic acid groups (broad SMARTS) is 1. The predicted octanol–water partition coefficient (Wildman–Crippen LogP) is 2.92. The molecule has 0 aliphatic heterocycles. The zero-order chi connectivity index (χ0) is 14.4. The number of carbonyl (C=O) groups excluding carboxylic acids is 1. The molecule has 1 rings (SSSR count). The standard InChI is InChI=1S/C14H19NO3S/c1-9(2)6-11(8-19)13(16)15-12-5-3-4-10(7-12)14(17)18/h3-5,7,9,11,19H,6,8H2,1-2H3,(H,15,16)(H,17,18). The van der Waals surface area contributed by atoms with E-state index in [-0.39, 0.29) is 17.4 Å². The molecular weight excluding hydrogens is 262 g/mol. The van der Waals surface area contributed by atoms with E-state index in [9.17, 15) is 9.59 Å². The van der Waals surface area contributed by atoms with Crippen molar-refractivity contribution in [3.8, 4) is 0 Å². The minimum atomic E-state index is -1.01. The van der Waals surface area contributed by atoms with Gasteiger partial charge in [-0.05, 0) is 30.5 Å². The number of rotatable bonds is 6. The number of nitrogens with one attached hydrogen (secondary N) is 1. The molecule has 0 spiro atoms. The van der Waals surface area contributed by atoms with E-state index in [0.29, 0.717) is 17.4 Å². The minimum absolute atomic E-state index is 0.119. The molecule has 0 saturated carbocycles. The minimum Gasteiger partial charge on any atom is -0.478 e. The van der Waals surface area contributed by atoms with Crippen molar-refractivity contribution in [3.05, 3.63) is 29.8 Å². The van der Waals surface area contributed by atoms with E-state index in [0.717, 1.165) is 6.42 Å². The van der Waals surface area contributed by atoms with Gasteiger partial charge < -0.3 is 10.4 Å². The molecule has 1 aromatic rings. The van der Waals surface area contributed by atoms with Gasteiger partial charge in [0.05, 0.1) is 5.56 Å². The summed E-state index contributed by atoms with van der Waals surface area (Å²) in [5.74, 6) is -0.414. The van der Waals surface area contributed by atoms with Gasteiger partial charge in [-0.15, -0.1) is 0 Å². The van der Waals surface area contributed by atoms with E-state index < -0.39 is 5.97 Å². The molecule has 0 aliphatic carbocycles. The lowest BCUT2D eigenvalue weighted by Gasteiger charge is -2.16. The molecule has 1 unspecified atom stereocenters. The molecule has 1 amide bonds. The first-order valence-corrected chi connectivity index (χ1v) is 6.82. The second kappa shape index (κ2) is 7.19. The van der Waals surface area contributed by atoms with Crippen molar-refractivity contribution < 1.29 is 14.7 Å². The maximum Gasteiger partial charge on any atom is 0.335 e. The van der Waals surface area contributed by atoms with E-state index in [1.165, 1.54) is 12.1 Å². The maximum atomic E-state index is 12.1. The van der Waals surface area contributed by atoms with Gasteiger partial charge in [-0.1, -0.05) is 19.9 Å². The van der Waals surface area contributed by atoms with Gasteiger partial charge in [0, 0.05) is 17.4 Å². The number of carboxylic acids is 1. The van der Waals surface area contributed by atoms with Crippen LogP contribution in [0.3, 0.4) is 0 Å². The van der Waals surface area contributed by atoms with Crippen LogP contribution in [-0.4, -0.2) is 22.7 Å². The summed E-state index contributed by atoms with van der Waals surface area (Å²) in [6.07, 6.45) is 0.758. The van der Waals surface area contributed by atoms with Crippen molar-refractivity contribution in [3.63, 3.8) is 0 Å². The summed E-state index contributed by atoms with van der Waals surface area (Å²) in [6.45, 7) is 4.10. The van der Waals surface area contributed by atoms with Crippen molar-refractivity contribution in [2.24, 2.45) is 11.8 Å². The van der Waals surface area contributed by atoms with Gasteiger partial charge in [-0.2, -0.15) is 12.6 Å². The van der Waals surface area contributed by atoms with E-state index in [1.807, 2.05) is 0 Å². The first kappa shape index (κ1) is 15.6. The first-order valence-electron chi connectivity index (χ1n) is 6.19. The highest BCUT2D eigenvalue weighted by Crippen LogP contribution is 2.17. The van der Waals surface area contributed by atoms with Gasteiger partial charge in [0.1, 0.15) is 0 Å². The van der Waals surface area contributed by atoms with Gasteiger partial charge in [-0.3, -0.25) is 4.79 Å². The molecule has 104 valence electrons. The lowest BCUT2D eigenvalue weighted by Crippen LogP contribution is -2.25. The largest absolute Gasteiger partial charge is 0.478 e. The molecule has 0 fully saturated rings. The van der Waals surface area contributed by atoms with E-state index >= 15 is 0 Å². The van der Waals surface area contributed by atoms with Crippen molar-refractivity contribution in [2.45, 2.75) is 20.3 Å². The molecule has 0 saturated heterocycles. The molecule has 1 atom stereocenters. The molecule has 1 aromatic carbocycles. The summed E-state index contributed by atoms with van der Waals surface area (Å²) >= 11 is 4.19. The Labute approximate surface area is 118 Å². The highest BCUT2D eigenvalue weighted by Gasteiger charge is 2.18. The topological polar surface area (TPSA) is 66.4 Å². The second-order valence-electron chi connectivity index (χ2n) is 4.88. The van der Waals surface area contributed by atoms with Gasteiger partial charge in [0.15, 0.2) is 0 Å². The summed E-state index contributed by atoms with van der Waals surface area (Å²) < 4.78 is 0. The molecular formula is C14H19NO3S. The molecule has 0 bridgehead atoms. The van der Waals surface area contributed by atoms with Gasteiger partial charge in [0.25, 0.3) is 0 Å². The smallest absolute Gasteiger partial charge is 0.335 e. The number of hydrogen-bond acceptors (Lipinski definition) is 3. The molecule has 0 heterocycles. The van der Waals surface area contributed by atoms with Crippen molar-refractivity contribution in [1.29, 1.82) is 0 Å². The zero-order valence-electron chi connectivity index (χ0n) is 11.1. The zero-order valence-corrected chi connectivity index (χ0v) is 12.0. The van der Waals surface area contributed by atoms with E-state index in [2.05, 4.69) is 31.8 Å². The summed E-state index contributed by atoms with van der Waals surface area (Å²) in [5.41, 5.74) is 0.657. The fraction of sp³-hybridized carbons (Fsp3) is 0.429. The van der Waals surface area contributed by atoms with Crippen LogP contribution in [0.4, 0.5) is 5.69 Å². The van der Waals surface area contributed by atoms with Crippen LogP contribution in [-0.2, 0) is 4.79 Å². The fourth-order valence-electron chi connectivity index (χ4n) is 1.81. The Morgan fingerprint density at radius 3 is 2.58 bits per heavy atom. The Morgan fingerprint density at radius 1 is 1.37 bits per heavy atom. The third-order valence-corrected chi connectivity index (χ3v) is 3.16. The van der Waals surface area contributed by atoms with Crippen LogP contribution < -0.4 is 5.32 Å². The quantitative estimate of drug-likeness (QED) is 0.702. The summed E-state index contributed by atoms with van der Waals surface area (Å²) in [6, 6.07) is 6.22. The maximum absolute atomic E-state index is 12.1. The summed E-state index contributed by atoms with van der Waals surface area (Å²) in [7, 11) is 0. The average molecular weight is 281 g/mol. The van der Waals surface area contributed by atoms with Crippen molar-refractivity contribution in [1.82, 2.24) is 0 Å². The monoisotopic (exact) mass is 281 g/mol. The first-order chi connectivity index (χ1) is 8.93. The normalized spacial score (nSPS) is 12.2.